The highest BCUT2D eigenvalue weighted by Crippen LogP contribution is 2.44. The molecule has 0 atom stereocenters. The summed E-state index contributed by atoms with van der Waals surface area (Å²) in [6.45, 7) is 3.16. The van der Waals surface area contributed by atoms with Crippen molar-refractivity contribution in [2.45, 2.75) is 30.2 Å². The van der Waals surface area contributed by atoms with Crippen molar-refractivity contribution in [3.05, 3.63) is 72.3 Å². The van der Waals surface area contributed by atoms with Crippen molar-refractivity contribution in [2.75, 3.05) is 25.0 Å². The fraction of sp³-hybridized carbons (Fsp3) is 0.304. The molecule has 0 bridgehead atoms. The molecule has 2 aliphatic rings. The SMILES string of the molecule is CCOc1ccc(S(=O)(=O)N2CCC3(CC2)Nc2cc(F)ccc2-n2cccc23)cc1. The summed E-state index contributed by atoms with van der Waals surface area (Å²) in [5.41, 5.74) is 2.27. The van der Waals surface area contributed by atoms with Crippen LogP contribution in [0.1, 0.15) is 25.5 Å². The smallest absolute Gasteiger partial charge is 0.243 e. The van der Waals surface area contributed by atoms with Crippen LogP contribution in [0.2, 0.25) is 0 Å². The molecule has 0 saturated carbocycles. The van der Waals surface area contributed by atoms with E-state index in [1.807, 2.05) is 19.2 Å². The van der Waals surface area contributed by atoms with Crippen LogP contribution >= 0.6 is 0 Å². The van der Waals surface area contributed by atoms with Crippen LogP contribution in [0.25, 0.3) is 5.69 Å². The van der Waals surface area contributed by atoms with Crippen molar-refractivity contribution in [1.82, 2.24) is 8.87 Å². The van der Waals surface area contributed by atoms with E-state index in [0.717, 1.165) is 17.1 Å². The number of benzene rings is 2. The second-order valence-electron chi connectivity index (χ2n) is 7.94. The van der Waals surface area contributed by atoms with Crippen molar-refractivity contribution in [1.29, 1.82) is 0 Å². The maximum Gasteiger partial charge on any atom is 0.243 e. The Hall–Kier alpha value is -2.84. The lowest BCUT2D eigenvalue weighted by molar-refractivity contribution is 0.247. The Morgan fingerprint density at radius 1 is 1.10 bits per heavy atom. The standard InChI is InChI=1S/C23H24FN3O3S/c1-2-30-18-6-8-19(9-7-18)31(28,29)26-14-11-23(12-15-26)22-4-3-13-27(22)21-10-5-17(24)16-20(21)25-23/h3-10,13,16,25H,2,11-12,14-15H2,1H3. The van der Waals surface area contributed by atoms with Gasteiger partial charge in [0, 0.05) is 25.0 Å². The van der Waals surface area contributed by atoms with Gasteiger partial charge in [-0.3, -0.25) is 0 Å². The number of aromatic nitrogens is 1. The van der Waals surface area contributed by atoms with Crippen molar-refractivity contribution >= 4 is 15.7 Å². The number of nitrogens with zero attached hydrogens (tertiary/aromatic N) is 2. The average molecular weight is 442 g/mol. The fourth-order valence-electron chi connectivity index (χ4n) is 4.63. The summed E-state index contributed by atoms with van der Waals surface area (Å²) in [7, 11) is -3.60. The molecule has 6 nitrogen and oxygen atoms in total. The number of halogens is 1. The van der Waals surface area contributed by atoms with E-state index in [2.05, 4.69) is 16.0 Å². The first-order chi connectivity index (χ1) is 14.9. The van der Waals surface area contributed by atoms with Crippen LogP contribution in [0, 0.1) is 5.82 Å². The lowest BCUT2D eigenvalue weighted by Crippen LogP contribution is -2.51. The second kappa shape index (κ2) is 7.39. The highest BCUT2D eigenvalue weighted by atomic mass is 32.2. The molecule has 8 heteroatoms. The van der Waals surface area contributed by atoms with Crippen LogP contribution in [-0.4, -0.2) is 37.0 Å². The minimum atomic E-state index is -3.60. The van der Waals surface area contributed by atoms with Gasteiger partial charge in [-0.05, 0) is 74.4 Å². The minimum absolute atomic E-state index is 0.263. The molecule has 3 heterocycles. The second-order valence-corrected chi connectivity index (χ2v) is 9.88. The van der Waals surface area contributed by atoms with E-state index in [1.54, 1.807) is 30.3 Å². The number of rotatable bonds is 4. The van der Waals surface area contributed by atoms with Crippen LogP contribution in [0.4, 0.5) is 10.1 Å². The monoisotopic (exact) mass is 441 g/mol. The summed E-state index contributed by atoms with van der Waals surface area (Å²) in [6.07, 6.45) is 3.14. The Balaban J connectivity index is 1.40. The summed E-state index contributed by atoms with van der Waals surface area (Å²) in [6, 6.07) is 15.3. The molecule has 1 spiro atoms. The van der Waals surface area contributed by atoms with Gasteiger partial charge >= 0.3 is 0 Å². The number of hydrogen-bond donors (Lipinski definition) is 1. The average Bonchev–Trinajstić information content (AvgIpc) is 3.26. The van der Waals surface area contributed by atoms with Crippen molar-refractivity contribution < 1.29 is 17.5 Å². The van der Waals surface area contributed by atoms with E-state index in [-0.39, 0.29) is 10.7 Å². The maximum absolute atomic E-state index is 13.9. The zero-order chi connectivity index (χ0) is 21.6. The highest BCUT2D eigenvalue weighted by Gasteiger charge is 2.43. The lowest BCUT2D eigenvalue weighted by Gasteiger charge is -2.45. The molecule has 31 heavy (non-hydrogen) atoms. The summed E-state index contributed by atoms with van der Waals surface area (Å²) < 4.78 is 49.3. The van der Waals surface area contributed by atoms with Crippen molar-refractivity contribution in [3.8, 4) is 11.4 Å². The van der Waals surface area contributed by atoms with E-state index in [4.69, 9.17) is 4.74 Å². The first kappa shape index (κ1) is 20.1. The third-order valence-electron chi connectivity index (χ3n) is 6.18. The van der Waals surface area contributed by atoms with Gasteiger partial charge in [-0.2, -0.15) is 4.31 Å². The van der Waals surface area contributed by atoms with E-state index in [9.17, 15) is 12.8 Å². The Morgan fingerprint density at radius 2 is 1.84 bits per heavy atom. The number of nitrogens with one attached hydrogen (secondary N) is 1. The normalized spacial score (nSPS) is 17.6. The zero-order valence-electron chi connectivity index (χ0n) is 17.2. The molecule has 162 valence electrons. The molecule has 5 rings (SSSR count). The minimum Gasteiger partial charge on any atom is -0.494 e. The molecule has 1 fully saturated rings. The molecule has 0 aliphatic carbocycles. The van der Waals surface area contributed by atoms with Crippen LogP contribution in [0.3, 0.4) is 0 Å². The van der Waals surface area contributed by atoms with Gasteiger partial charge in [0.15, 0.2) is 0 Å². The topological polar surface area (TPSA) is 63.6 Å². The number of anilines is 1. The van der Waals surface area contributed by atoms with Gasteiger partial charge in [-0.15, -0.1) is 0 Å². The highest BCUT2D eigenvalue weighted by molar-refractivity contribution is 7.89. The summed E-state index contributed by atoms with van der Waals surface area (Å²) in [4.78, 5) is 0.263. The largest absolute Gasteiger partial charge is 0.494 e. The maximum atomic E-state index is 13.9. The molecule has 1 aromatic heterocycles. The van der Waals surface area contributed by atoms with Gasteiger partial charge < -0.3 is 14.6 Å². The first-order valence-electron chi connectivity index (χ1n) is 10.4. The summed E-state index contributed by atoms with van der Waals surface area (Å²) in [5.74, 6) is 0.352. The third kappa shape index (κ3) is 3.30. The Labute approximate surface area is 181 Å². The van der Waals surface area contributed by atoms with E-state index in [0.29, 0.717) is 38.3 Å². The lowest BCUT2D eigenvalue weighted by atomic mass is 9.83. The van der Waals surface area contributed by atoms with E-state index >= 15 is 0 Å². The van der Waals surface area contributed by atoms with Gasteiger partial charge in [0.2, 0.25) is 10.0 Å². The quantitative estimate of drug-likeness (QED) is 0.662. The summed E-state index contributed by atoms with van der Waals surface area (Å²) >= 11 is 0. The molecule has 3 aromatic rings. The molecule has 2 aromatic carbocycles. The number of ether oxygens (including phenoxy) is 1. The number of fused-ring (bicyclic) bond motifs is 4. The molecular weight excluding hydrogens is 417 g/mol. The van der Waals surface area contributed by atoms with Crippen LogP contribution in [0.15, 0.2) is 65.7 Å². The zero-order valence-corrected chi connectivity index (χ0v) is 18.0. The van der Waals surface area contributed by atoms with Gasteiger partial charge in [-0.1, -0.05) is 0 Å². The Bertz CT molecular complexity index is 1210. The predicted octanol–water partition coefficient (Wildman–Crippen LogP) is 4.12. The Morgan fingerprint density at radius 3 is 2.55 bits per heavy atom. The van der Waals surface area contributed by atoms with E-state index in [1.165, 1.54) is 16.4 Å². The van der Waals surface area contributed by atoms with Crippen molar-refractivity contribution in [2.24, 2.45) is 0 Å². The third-order valence-corrected chi connectivity index (χ3v) is 8.09. The van der Waals surface area contributed by atoms with Gasteiger partial charge in [-0.25, -0.2) is 12.8 Å². The van der Waals surface area contributed by atoms with Gasteiger partial charge in [0.25, 0.3) is 0 Å². The fourth-order valence-corrected chi connectivity index (χ4v) is 6.08. The molecule has 0 amide bonds. The number of hydrogen-bond acceptors (Lipinski definition) is 4. The Kier molecular flexibility index (Phi) is 4.79. The van der Waals surface area contributed by atoms with Gasteiger partial charge in [0.05, 0.1) is 28.4 Å². The molecule has 1 saturated heterocycles. The first-order valence-corrected chi connectivity index (χ1v) is 11.9. The summed E-state index contributed by atoms with van der Waals surface area (Å²) in [5, 5.41) is 3.53. The van der Waals surface area contributed by atoms with Gasteiger partial charge in [0.1, 0.15) is 11.6 Å². The number of piperidine rings is 1. The molecule has 1 N–H and O–H groups in total. The molecular formula is C23H24FN3O3S. The molecule has 0 unspecified atom stereocenters. The molecule has 0 radical (unpaired) electrons. The number of sulfonamides is 1. The molecule has 2 aliphatic heterocycles. The van der Waals surface area contributed by atoms with Crippen LogP contribution in [0.5, 0.6) is 5.75 Å². The van der Waals surface area contributed by atoms with Crippen molar-refractivity contribution in [3.63, 3.8) is 0 Å². The van der Waals surface area contributed by atoms with Crippen LogP contribution < -0.4 is 10.1 Å². The van der Waals surface area contributed by atoms with E-state index < -0.39 is 15.6 Å². The van der Waals surface area contributed by atoms with Crippen LogP contribution in [-0.2, 0) is 15.6 Å². The predicted molar refractivity (Wildman–Crippen MR) is 117 cm³/mol.